The smallest absolute Gasteiger partial charge is 0.234 e. The normalized spacial score (nSPS) is 20.7. The number of rotatable bonds is 0. The Hall–Kier alpha value is -1.38. The molecule has 0 saturated heterocycles. The monoisotopic (exact) mass is 179 g/mol. The number of likely N-dealkylation sites (N-methyl/N-ethyl adjacent to an activating group) is 1. The van der Waals surface area contributed by atoms with Crippen molar-refractivity contribution in [2.45, 2.75) is 12.8 Å². The first-order chi connectivity index (χ1) is 6.11. The van der Waals surface area contributed by atoms with E-state index in [0.717, 1.165) is 5.56 Å². The molecule has 0 bridgehead atoms. The van der Waals surface area contributed by atoms with Gasteiger partial charge in [0.25, 0.3) is 0 Å². The van der Waals surface area contributed by atoms with Gasteiger partial charge < -0.3 is 4.90 Å². The van der Waals surface area contributed by atoms with Crippen LogP contribution in [0, 0.1) is 5.82 Å². The molecule has 0 radical (unpaired) electrons. The molecule has 1 aliphatic rings. The molecule has 13 heavy (non-hydrogen) atoms. The largest absolute Gasteiger partial charge is 0.315 e. The van der Waals surface area contributed by atoms with Gasteiger partial charge in [0.15, 0.2) is 0 Å². The van der Waals surface area contributed by atoms with Gasteiger partial charge in [0.05, 0.1) is 11.6 Å². The lowest BCUT2D eigenvalue weighted by molar-refractivity contribution is -0.118. The molecular formula is C10H10FNO. The molecule has 2 rings (SSSR count). The van der Waals surface area contributed by atoms with Crippen LogP contribution >= 0.6 is 0 Å². The van der Waals surface area contributed by atoms with Gasteiger partial charge in [-0.3, -0.25) is 4.79 Å². The highest BCUT2D eigenvalue weighted by Gasteiger charge is 2.31. The average Bonchev–Trinajstić information content (AvgIpc) is 2.32. The lowest BCUT2D eigenvalue weighted by Gasteiger charge is -2.09. The quantitative estimate of drug-likeness (QED) is 0.595. The number of nitrogens with zero attached hydrogens (tertiary/aromatic N) is 1. The zero-order valence-electron chi connectivity index (χ0n) is 7.54. The van der Waals surface area contributed by atoms with Crippen molar-refractivity contribution < 1.29 is 9.18 Å². The molecule has 1 aromatic rings. The molecule has 1 unspecified atom stereocenters. The van der Waals surface area contributed by atoms with Gasteiger partial charge in [0.1, 0.15) is 5.82 Å². The molecule has 0 fully saturated rings. The van der Waals surface area contributed by atoms with Gasteiger partial charge in [-0.05, 0) is 24.6 Å². The number of fused-ring (bicyclic) bond motifs is 1. The summed E-state index contributed by atoms with van der Waals surface area (Å²) in [6.45, 7) is 1.84. The molecule has 1 aromatic carbocycles. The first kappa shape index (κ1) is 8.23. The molecule has 0 aromatic heterocycles. The lowest BCUT2D eigenvalue weighted by atomic mass is 10.0. The van der Waals surface area contributed by atoms with Crippen molar-refractivity contribution in [2.75, 3.05) is 11.9 Å². The van der Waals surface area contributed by atoms with Crippen LogP contribution in [0.25, 0.3) is 0 Å². The fraction of sp³-hybridized carbons (Fsp3) is 0.300. The second-order valence-electron chi connectivity index (χ2n) is 3.32. The molecule has 1 aliphatic heterocycles. The maximum absolute atomic E-state index is 12.9. The standard InChI is InChI=1S/C10H10FNO/c1-6-8-4-3-7(11)5-9(8)12(2)10(6)13/h3-6H,1-2H3. The van der Waals surface area contributed by atoms with Crippen molar-refractivity contribution in [1.82, 2.24) is 0 Å². The molecule has 2 nitrogen and oxygen atoms in total. The van der Waals surface area contributed by atoms with Crippen LogP contribution in [0.5, 0.6) is 0 Å². The van der Waals surface area contributed by atoms with Crippen LogP contribution in [-0.4, -0.2) is 13.0 Å². The Balaban J connectivity index is 2.60. The van der Waals surface area contributed by atoms with E-state index >= 15 is 0 Å². The Kier molecular flexibility index (Phi) is 1.62. The third-order valence-corrected chi connectivity index (χ3v) is 2.52. The maximum atomic E-state index is 12.9. The van der Waals surface area contributed by atoms with Crippen LogP contribution in [0.4, 0.5) is 10.1 Å². The third kappa shape index (κ3) is 1.03. The summed E-state index contributed by atoms with van der Waals surface area (Å²) in [5.74, 6) is -0.409. The number of hydrogen-bond acceptors (Lipinski definition) is 1. The Bertz CT molecular complexity index is 375. The van der Waals surface area contributed by atoms with Gasteiger partial charge in [-0.25, -0.2) is 4.39 Å². The van der Waals surface area contributed by atoms with Crippen LogP contribution in [0.3, 0.4) is 0 Å². The Labute approximate surface area is 76.0 Å². The predicted octanol–water partition coefficient (Wildman–Crippen LogP) is 1.91. The van der Waals surface area contributed by atoms with Crippen molar-refractivity contribution in [1.29, 1.82) is 0 Å². The first-order valence-corrected chi connectivity index (χ1v) is 4.18. The Morgan fingerprint density at radius 1 is 1.46 bits per heavy atom. The molecule has 1 atom stereocenters. The summed E-state index contributed by atoms with van der Waals surface area (Å²) < 4.78 is 12.9. The van der Waals surface area contributed by atoms with Gasteiger partial charge in [-0.15, -0.1) is 0 Å². The maximum Gasteiger partial charge on any atom is 0.234 e. The highest BCUT2D eigenvalue weighted by molar-refractivity contribution is 6.04. The molecule has 3 heteroatoms. The van der Waals surface area contributed by atoms with E-state index in [-0.39, 0.29) is 17.6 Å². The second kappa shape index (κ2) is 2.55. The molecule has 0 N–H and O–H groups in total. The topological polar surface area (TPSA) is 20.3 Å². The SMILES string of the molecule is CC1C(=O)N(C)c2cc(F)ccc21. The summed E-state index contributed by atoms with van der Waals surface area (Å²) in [7, 11) is 1.67. The van der Waals surface area contributed by atoms with Gasteiger partial charge in [0.2, 0.25) is 5.91 Å². The van der Waals surface area contributed by atoms with Crippen molar-refractivity contribution in [3.63, 3.8) is 0 Å². The summed E-state index contributed by atoms with van der Waals surface area (Å²) in [5, 5.41) is 0. The van der Waals surface area contributed by atoms with E-state index in [1.807, 2.05) is 6.92 Å². The third-order valence-electron chi connectivity index (χ3n) is 2.52. The lowest BCUT2D eigenvalue weighted by Crippen LogP contribution is -2.22. The average molecular weight is 179 g/mol. The fourth-order valence-electron chi connectivity index (χ4n) is 1.72. The van der Waals surface area contributed by atoms with E-state index in [0.29, 0.717) is 5.69 Å². The summed E-state index contributed by atoms with van der Waals surface area (Å²) in [5.41, 5.74) is 1.60. The fourth-order valence-corrected chi connectivity index (χ4v) is 1.72. The minimum absolute atomic E-state index is 0.0283. The van der Waals surface area contributed by atoms with E-state index in [1.54, 1.807) is 13.1 Å². The number of benzene rings is 1. The van der Waals surface area contributed by atoms with E-state index < -0.39 is 0 Å². The molecule has 68 valence electrons. The summed E-state index contributed by atoms with van der Waals surface area (Å²) in [6.07, 6.45) is 0. The number of carbonyl (C=O) groups excluding carboxylic acids is 1. The second-order valence-corrected chi connectivity index (χ2v) is 3.32. The molecular weight excluding hydrogens is 169 g/mol. The minimum Gasteiger partial charge on any atom is -0.315 e. The van der Waals surface area contributed by atoms with Crippen LogP contribution < -0.4 is 4.90 Å². The molecule has 1 heterocycles. The minimum atomic E-state index is -0.299. The zero-order chi connectivity index (χ0) is 9.59. The van der Waals surface area contributed by atoms with Crippen molar-refractivity contribution in [3.05, 3.63) is 29.6 Å². The van der Waals surface area contributed by atoms with Crippen LogP contribution in [-0.2, 0) is 4.79 Å². The highest BCUT2D eigenvalue weighted by Crippen LogP contribution is 2.36. The van der Waals surface area contributed by atoms with Crippen LogP contribution in [0.15, 0.2) is 18.2 Å². The Morgan fingerprint density at radius 3 is 2.85 bits per heavy atom. The number of anilines is 1. The Morgan fingerprint density at radius 2 is 2.15 bits per heavy atom. The number of halogens is 1. The van der Waals surface area contributed by atoms with E-state index in [1.165, 1.54) is 17.0 Å². The van der Waals surface area contributed by atoms with Crippen LogP contribution in [0.2, 0.25) is 0 Å². The van der Waals surface area contributed by atoms with Gasteiger partial charge in [0, 0.05) is 7.05 Å². The molecule has 1 amide bonds. The number of amides is 1. The zero-order valence-corrected chi connectivity index (χ0v) is 7.54. The molecule has 0 aliphatic carbocycles. The van der Waals surface area contributed by atoms with Crippen molar-refractivity contribution in [2.24, 2.45) is 0 Å². The first-order valence-electron chi connectivity index (χ1n) is 4.18. The van der Waals surface area contributed by atoms with Crippen LogP contribution in [0.1, 0.15) is 18.4 Å². The van der Waals surface area contributed by atoms with E-state index in [2.05, 4.69) is 0 Å². The summed E-state index contributed by atoms with van der Waals surface area (Å²) in [4.78, 5) is 13.0. The highest BCUT2D eigenvalue weighted by atomic mass is 19.1. The van der Waals surface area contributed by atoms with Crippen molar-refractivity contribution >= 4 is 11.6 Å². The molecule has 0 spiro atoms. The van der Waals surface area contributed by atoms with Crippen molar-refractivity contribution in [3.8, 4) is 0 Å². The number of carbonyl (C=O) groups is 1. The summed E-state index contributed by atoms with van der Waals surface area (Å²) in [6, 6.07) is 4.47. The summed E-state index contributed by atoms with van der Waals surface area (Å²) >= 11 is 0. The van der Waals surface area contributed by atoms with Gasteiger partial charge in [-0.2, -0.15) is 0 Å². The van der Waals surface area contributed by atoms with Gasteiger partial charge in [-0.1, -0.05) is 6.07 Å². The van der Waals surface area contributed by atoms with Gasteiger partial charge >= 0.3 is 0 Å². The van der Waals surface area contributed by atoms with E-state index in [9.17, 15) is 9.18 Å². The molecule has 0 saturated carbocycles. The van der Waals surface area contributed by atoms with E-state index in [4.69, 9.17) is 0 Å². The predicted molar refractivity (Wildman–Crippen MR) is 48.2 cm³/mol. The number of hydrogen-bond donors (Lipinski definition) is 0.